The van der Waals surface area contributed by atoms with Crippen molar-refractivity contribution in [2.45, 2.75) is 31.5 Å². The number of amides is 3. The summed E-state index contributed by atoms with van der Waals surface area (Å²) in [6.07, 6.45) is 1.16. The molecule has 0 aromatic heterocycles. The number of carbonyl (C=O) groups is 2. The van der Waals surface area contributed by atoms with E-state index in [2.05, 4.69) is 10.6 Å². The van der Waals surface area contributed by atoms with E-state index in [-0.39, 0.29) is 18.0 Å². The second-order valence-corrected chi connectivity index (χ2v) is 9.68. The van der Waals surface area contributed by atoms with Crippen LogP contribution in [0.1, 0.15) is 40.9 Å². The molecule has 37 heavy (non-hydrogen) atoms. The summed E-state index contributed by atoms with van der Waals surface area (Å²) in [7, 11) is 3.18. The largest absolute Gasteiger partial charge is 0.493 e. The van der Waals surface area contributed by atoms with E-state index in [4.69, 9.17) is 25.8 Å². The SMILES string of the molecule is COc1ccc(CCNC(=O)c2cccc(N3C(=O)NC4CC3(C)Oc3ccc(Cl)cc34)c2)cc1OC. The lowest BCUT2D eigenvalue weighted by atomic mass is 9.90. The predicted octanol–water partition coefficient (Wildman–Crippen LogP) is 5.10. The number of nitrogens with one attached hydrogen (secondary N) is 2. The number of carbonyl (C=O) groups excluding carboxylic acids is 2. The summed E-state index contributed by atoms with van der Waals surface area (Å²) in [4.78, 5) is 27.7. The second-order valence-electron chi connectivity index (χ2n) is 9.25. The minimum Gasteiger partial charge on any atom is -0.493 e. The van der Waals surface area contributed by atoms with Crippen molar-refractivity contribution in [3.05, 3.63) is 82.4 Å². The highest BCUT2D eigenvalue weighted by molar-refractivity contribution is 6.30. The van der Waals surface area contributed by atoms with Gasteiger partial charge in [-0.05, 0) is 67.4 Å². The van der Waals surface area contributed by atoms with Crippen molar-refractivity contribution in [2.75, 3.05) is 25.7 Å². The number of benzene rings is 3. The number of anilines is 1. The Kier molecular flexibility index (Phi) is 6.60. The maximum Gasteiger partial charge on any atom is 0.325 e. The Balaban J connectivity index is 1.30. The molecule has 192 valence electrons. The molecule has 3 amide bonds. The molecule has 1 fully saturated rings. The molecule has 2 atom stereocenters. The van der Waals surface area contributed by atoms with Crippen LogP contribution in [0.25, 0.3) is 0 Å². The second kappa shape index (κ2) is 9.86. The molecule has 2 aliphatic rings. The van der Waals surface area contributed by atoms with Crippen LogP contribution in [0.2, 0.25) is 5.02 Å². The molecule has 0 aliphatic carbocycles. The molecular formula is C28H28ClN3O5. The van der Waals surface area contributed by atoms with E-state index in [0.29, 0.717) is 52.9 Å². The summed E-state index contributed by atoms with van der Waals surface area (Å²) in [5.41, 5.74) is 1.97. The first-order chi connectivity index (χ1) is 17.8. The lowest BCUT2D eigenvalue weighted by Gasteiger charge is -2.50. The van der Waals surface area contributed by atoms with Crippen molar-refractivity contribution < 1.29 is 23.8 Å². The van der Waals surface area contributed by atoms with Crippen LogP contribution in [0, 0.1) is 0 Å². The van der Waals surface area contributed by atoms with E-state index >= 15 is 0 Å². The molecule has 2 N–H and O–H groups in total. The fourth-order valence-corrected chi connectivity index (χ4v) is 5.16. The molecule has 8 nitrogen and oxygen atoms in total. The zero-order valence-corrected chi connectivity index (χ0v) is 21.6. The van der Waals surface area contributed by atoms with Gasteiger partial charge in [-0.2, -0.15) is 0 Å². The van der Waals surface area contributed by atoms with Gasteiger partial charge in [-0.3, -0.25) is 9.69 Å². The summed E-state index contributed by atoms with van der Waals surface area (Å²) >= 11 is 6.17. The average Bonchev–Trinajstić information content (AvgIpc) is 2.88. The minimum absolute atomic E-state index is 0.209. The molecule has 9 heteroatoms. The van der Waals surface area contributed by atoms with Crippen LogP contribution in [-0.2, 0) is 6.42 Å². The van der Waals surface area contributed by atoms with Gasteiger partial charge in [0, 0.05) is 29.1 Å². The zero-order chi connectivity index (χ0) is 26.2. The van der Waals surface area contributed by atoms with Gasteiger partial charge in [-0.15, -0.1) is 0 Å². The lowest BCUT2D eigenvalue weighted by Crippen LogP contribution is -2.65. The van der Waals surface area contributed by atoms with Crippen molar-refractivity contribution in [1.29, 1.82) is 0 Å². The van der Waals surface area contributed by atoms with Crippen LogP contribution in [0.3, 0.4) is 0 Å². The van der Waals surface area contributed by atoms with Gasteiger partial charge in [-0.25, -0.2) is 4.79 Å². The molecule has 3 aromatic carbocycles. The predicted molar refractivity (Wildman–Crippen MR) is 141 cm³/mol. The molecule has 2 unspecified atom stereocenters. The van der Waals surface area contributed by atoms with Gasteiger partial charge in [0.25, 0.3) is 5.91 Å². The lowest BCUT2D eigenvalue weighted by molar-refractivity contribution is 0.0378. The number of halogens is 1. The van der Waals surface area contributed by atoms with Crippen LogP contribution < -0.4 is 29.7 Å². The molecule has 5 rings (SSSR count). The smallest absolute Gasteiger partial charge is 0.325 e. The number of urea groups is 1. The normalized spacial score (nSPS) is 19.8. The number of nitrogens with zero attached hydrogens (tertiary/aromatic N) is 1. The summed E-state index contributed by atoms with van der Waals surface area (Å²) in [6, 6.07) is 17.6. The third kappa shape index (κ3) is 4.76. The molecule has 2 heterocycles. The van der Waals surface area contributed by atoms with Gasteiger partial charge in [0.2, 0.25) is 0 Å². The number of ether oxygens (including phenoxy) is 3. The molecule has 3 aromatic rings. The topological polar surface area (TPSA) is 89.1 Å². The Hall–Kier alpha value is -3.91. The highest BCUT2D eigenvalue weighted by atomic mass is 35.5. The Morgan fingerprint density at radius 2 is 1.95 bits per heavy atom. The Bertz CT molecular complexity index is 1360. The summed E-state index contributed by atoms with van der Waals surface area (Å²) in [5, 5.41) is 6.59. The first kappa shape index (κ1) is 24.8. The van der Waals surface area contributed by atoms with Crippen LogP contribution in [0.5, 0.6) is 17.2 Å². The number of hydrogen-bond donors (Lipinski definition) is 2. The Morgan fingerprint density at radius 3 is 2.73 bits per heavy atom. The van der Waals surface area contributed by atoms with Crippen LogP contribution in [-0.4, -0.2) is 38.4 Å². The molecule has 2 bridgehead atoms. The van der Waals surface area contributed by atoms with E-state index in [1.807, 2.05) is 37.3 Å². The maximum absolute atomic E-state index is 13.2. The molecule has 1 saturated heterocycles. The van der Waals surface area contributed by atoms with Crippen molar-refractivity contribution in [2.24, 2.45) is 0 Å². The van der Waals surface area contributed by atoms with Gasteiger partial charge in [-0.1, -0.05) is 23.7 Å². The van der Waals surface area contributed by atoms with E-state index in [9.17, 15) is 9.59 Å². The summed E-state index contributed by atoms with van der Waals surface area (Å²) < 4.78 is 16.9. The van der Waals surface area contributed by atoms with Gasteiger partial charge in [0.05, 0.1) is 25.9 Å². The summed E-state index contributed by atoms with van der Waals surface area (Å²) in [5.74, 6) is 1.75. The quantitative estimate of drug-likeness (QED) is 0.451. The fourth-order valence-electron chi connectivity index (χ4n) is 4.98. The number of rotatable bonds is 7. The number of hydrogen-bond acceptors (Lipinski definition) is 5. The highest BCUT2D eigenvalue weighted by Gasteiger charge is 2.50. The zero-order valence-electron chi connectivity index (χ0n) is 20.8. The van der Waals surface area contributed by atoms with E-state index < -0.39 is 5.72 Å². The minimum atomic E-state index is -0.920. The third-order valence-corrected chi connectivity index (χ3v) is 6.98. The number of methoxy groups -OCH3 is 2. The van der Waals surface area contributed by atoms with Gasteiger partial charge >= 0.3 is 6.03 Å². The molecule has 0 spiro atoms. The van der Waals surface area contributed by atoms with E-state index in [0.717, 1.165) is 11.1 Å². The highest BCUT2D eigenvalue weighted by Crippen LogP contribution is 2.46. The van der Waals surface area contributed by atoms with Crippen LogP contribution >= 0.6 is 11.6 Å². The molecule has 0 saturated carbocycles. The fraction of sp³-hybridized carbons (Fsp3) is 0.286. The van der Waals surface area contributed by atoms with Crippen molar-refractivity contribution in [3.63, 3.8) is 0 Å². The first-order valence-electron chi connectivity index (χ1n) is 12.0. The Labute approximate surface area is 220 Å². The molecular weight excluding hydrogens is 494 g/mol. The number of fused-ring (bicyclic) bond motifs is 4. The van der Waals surface area contributed by atoms with Crippen molar-refractivity contribution in [1.82, 2.24) is 10.6 Å². The van der Waals surface area contributed by atoms with E-state index in [1.165, 1.54) is 0 Å². The molecule has 0 radical (unpaired) electrons. The van der Waals surface area contributed by atoms with E-state index in [1.54, 1.807) is 49.5 Å². The van der Waals surface area contributed by atoms with Gasteiger partial charge < -0.3 is 24.8 Å². The Morgan fingerprint density at radius 1 is 1.14 bits per heavy atom. The molecule has 2 aliphatic heterocycles. The summed E-state index contributed by atoms with van der Waals surface area (Å²) in [6.45, 7) is 2.32. The van der Waals surface area contributed by atoms with Crippen molar-refractivity contribution >= 4 is 29.2 Å². The average molecular weight is 522 g/mol. The standard InChI is InChI=1S/C28H28ClN3O5/c1-28-16-22(21-15-19(29)8-10-23(21)37-28)31-27(34)32(28)20-6-4-5-18(14-20)26(33)30-12-11-17-7-9-24(35-2)25(13-17)36-3/h4-10,13-15,22H,11-12,16H2,1-3H3,(H,30,33)(H,31,34). The van der Waals surface area contributed by atoms with Gasteiger partial charge in [0.1, 0.15) is 5.75 Å². The van der Waals surface area contributed by atoms with Crippen molar-refractivity contribution in [3.8, 4) is 17.2 Å². The third-order valence-electron chi connectivity index (χ3n) is 6.75. The monoisotopic (exact) mass is 521 g/mol. The first-order valence-corrected chi connectivity index (χ1v) is 12.4. The van der Waals surface area contributed by atoms with Crippen LogP contribution in [0.4, 0.5) is 10.5 Å². The van der Waals surface area contributed by atoms with Gasteiger partial charge in [0.15, 0.2) is 17.2 Å². The maximum atomic E-state index is 13.2. The van der Waals surface area contributed by atoms with Crippen LogP contribution in [0.15, 0.2) is 60.7 Å².